The summed E-state index contributed by atoms with van der Waals surface area (Å²) in [5, 5.41) is -0.303. The molecule has 0 N–H and O–H groups in total. The summed E-state index contributed by atoms with van der Waals surface area (Å²) in [4.78, 5) is 0. The summed E-state index contributed by atoms with van der Waals surface area (Å²) < 4.78 is 134. The number of halogens is 6. The quantitative estimate of drug-likeness (QED) is 0.167. The first-order valence-electron chi connectivity index (χ1n) is 17.6. The van der Waals surface area contributed by atoms with Crippen molar-refractivity contribution in [2.75, 3.05) is 13.6 Å². The van der Waals surface area contributed by atoms with Crippen LogP contribution in [0.5, 0.6) is 23.0 Å². The van der Waals surface area contributed by atoms with Crippen LogP contribution in [0.15, 0.2) is 81.6 Å². The SMILES string of the molecule is CC(C)(C)c1ccc(-c2oc3cc4c(cc3c2C2=C(c3c(-c5ccc(C(C)(C)C)cc5)oc5cc6c(cc35)OCO6)C(F)(F)C(F)(F)C2(F)F)OCO4)cc1. The van der Waals surface area contributed by atoms with Crippen molar-refractivity contribution in [3.8, 4) is 45.6 Å². The fraction of sp³-hybridized carbons (Fsp3) is 0.302. The van der Waals surface area contributed by atoms with Gasteiger partial charge in [-0.15, -0.1) is 0 Å². The van der Waals surface area contributed by atoms with E-state index in [1.165, 1.54) is 24.3 Å². The van der Waals surface area contributed by atoms with Gasteiger partial charge in [0, 0.05) is 56.3 Å². The van der Waals surface area contributed by atoms with Crippen molar-refractivity contribution < 1.29 is 54.1 Å². The fourth-order valence-corrected chi connectivity index (χ4v) is 7.51. The second-order valence-electron chi connectivity index (χ2n) is 16.1. The van der Waals surface area contributed by atoms with Crippen molar-refractivity contribution in [2.24, 2.45) is 0 Å². The number of fused-ring (bicyclic) bond motifs is 4. The molecule has 0 radical (unpaired) electrons. The third-order valence-corrected chi connectivity index (χ3v) is 10.6. The molecule has 3 aliphatic rings. The molecule has 4 heterocycles. The van der Waals surface area contributed by atoms with Crippen LogP contribution in [0, 0.1) is 0 Å². The summed E-state index contributed by atoms with van der Waals surface area (Å²) in [5.41, 5.74) is -3.08. The molecule has 1 aliphatic carbocycles. The monoisotopic (exact) mass is 760 g/mol. The van der Waals surface area contributed by atoms with E-state index in [4.69, 9.17) is 27.8 Å². The lowest BCUT2D eigenvalue weighted by molar-refractivity contribution is -0.254. The molecule has 2 aliphatic heterocycles. The van der Waals surface area contributed by atoms with Crippen molar-refractivity contribution in [3.63, 3.8) is 0 Å². The highest BCUT2D eigenvalue weighted by Gasteiger charge is 2.81. The molecular formula is C43H34F6O6. The lowest BCUT2D eigenvalue weighted by atomic mass is 9.85. The third kappa shape index (κ3) is 5.02. The van der Waals surface area contributed by atoms with Gasteiger partial charge in [0.15, 0.2) is 23.0 Å². The fourth-order valence-electron chi connectivity index (χ4n) is 7.51. The average molecular weight is 761 g/mol. The highest BCUT2D eigenvalue weighted by molar-refractivity contribution is 6.15. The molecule has 6 nitrogen and oxygen atoms in total. The van der Waals surface area contributed by atoms with E-state index in [-0.39, 0.29) is 92.0 Å². The van der Waals surface area contributed by atoms with Crippen LogP contribution in [0.4, 0.5) is 26.3 Å². The van der Waals surface area contributed by atoms with Gasteiger partial charge in [0.25, 0.3) is 0 Å². The molecule has 0 atom stereocenters. The van der Waals surface area contributed by atoms with Crippen LogP contribution in [-0.4, -0.2) is 31.4 Å². The van der Waals surface area contributed by atoms with Crippen LogP contribution in [0.25, 0.3) is 55.7 Å². The number of furan rings is 2. The number of rotatable bonds is 4. The van der Waals surface area contributed by atoms with Gasteiger partial charge in [-0.3, -0.25) is 0 Å². The van der Waals surface area contributed by atoms with E-state index in [0.717, 1.165) is 11.1 Å². The molecule has 0 saturated heterocycles. The van der Waals surface area contributed by atoms with Crippen molar-refractivity contribution in [2.45, 2.75) is 70.1 Å². The third-order valence-electron chi connectivity index (χ3n) is 10.6. The maximum atomic E-state index is 16.9. The molecule has 284 valence electrons. The average Bonchev–Trinajstić information content (AvgIpc) is 3.93. The maximum Gasteiger partial charge on any atom is 0.380 e. The van der Waals surface area contributed by atoms with Crippen molar-refractivity contribution >= 4 is 33.1 Å². The van der Waals surface area contributed by atoms with Gasteiger partial charge in [-0.2, -0.15) is 26.3 Å². The van der Waals surface area contributed by atoms with Crippen LogP contribution in [0.1, 0.15) is 63.8 Å². The van der Waals surface area contributed by atoms with Crippen LogP contribution in [0.2, 0.25) is 0 Å². The highest BCUT2D eigenvalue weighted by Crippen LogP contribution is 2.68. The summed E-state index contributed by atoms with van der Waals surface area (Å²) in [6.45, 7) is 11.5. The Morgan fingerprint density at radius 3 is 1.13 bits per heavy atom. The molecule has 6 aromatic rings. The summed E-state index contributed by atoms with van der Waals surface area (Å²) in [6, 6.07) is 18.6. The van der Waals surface area contributed by atoms with Crippen LogP contribution in [-0.2, 0) is 10.8 Å². The summed E-state index contributed by atoms with van der Waals surface area (Å²) in [6.07, 6.45) is 0. The Labute approximate surface area is 311 Å². The van der Waals surface area contributed by atoms with E-state index in [1.807, 2.05) is 41.5 Å². The predicted molar refractivity (Wildman–Crippen MR) is 195 cm³/mol. The van der Waals surface area contributed by atoms with Crippen LogP contribution < -0.4 is 18.9 Å². The molecule has 55 heavy (non-hydrogen) atoms. The van der Waals surface area contributed by atoms with E-state index < -0.39 is 40.0 Å². The zero-order valence-corrected chi connectivity index (χ0v) is 30.6. The van der Waals surface area contributed by atoms with Gasteiger partial charge < -0.3 is 27.8 Å². The van der Waals surface area contributed by atoms with E-state index in [9.17, 15) is 0 Å². The molecular weight excluding hydrogens is 726 g/mol. The van der Waals surface area contributed by atoms with Gasteiger partial charge >= 0.3 is 17.8 Å². The van der Waals surface area contributed by atoms with E-state index in [2.05, 4.69) is 0 Å². The van der Waals surface area contributed by atoms with Crippen molar-refractivity contribution in [3.05, 3.63) is 95.1 Å². The van der Waals surface area contributed by atoms with Crippen LogP contribution >= 0.6 is 0 Å². The van der Waals surface area contributed by atoms with Gasteiger partial charge in [-0.05, 0) is 34.1 Å². The van der Waals surface area contributed by atoms with Gasteiger partial charge in [0.2, 0.25) is 13.6 Å². The molecule has 2 aromatic heterocycles. The molecule has 4 aromatic carbocycles. The second-order valence-corrected chi connectivity index (χ2v) is 16.1. The van der Waals surface area contributed by atoms with Crippen molar-refractivity contribution in [1.82, 2.24) is 0 Å². The number of ether oxygens (including phenoxy) is 4. The van der Waals surface area contributed by atoms with Gasteiger partial charge in [-0.1, -0.05) is 90.1 Å². The summed E-state index contributed by atoms with van der Waals surface area (Å²) >= 11 is 0. The molecule has 0 saturated carbocycles. The topological polar surface area (TPSA) is 63.2 Å². The Morgan fingerprint density at radius 2 is 0.800 bits per heavy atom. The maximum absolute atomic E-state index is 16.9. The molecule has 9 rings (SSSR count). The Hall–Kier alpha value is -5.52. The smallest absolute Gasteiger partial charge is 0.380 e. The number of allylic oxidation sites excluding steroid dienone is 2. The van der Waals surface area contributed by atoms with Crippen molar-refractivity contribution in [1.29, 1.82) is 0 Å². The molecule has 0 bridgehead atoms. The molecule has 0 fully saturated rings. The van der Waals surface area contributed by atoms with E-state index in [1.54, 1.807) is 48.5 Å². The van der Waals surface area contributed by atoms with Crippen LogP contribution in [0.3, 0.4) is 0 Å². The van der Waals surface area contributed by atoms with Gasteiger partial charge in [-0.25, -0.2) is 0 Å². The Bertz CT molecular complexity index is 2400. The Morgan fingerprint density at radius 1 is 0.473 bits per heavy atom. The van der Waals surface area contributed by atoms with Gasteiger partial charge in [0.1, 0.15) is 22.7 Å². The number of benzene rings is 4. The normalized spacial score (nSPS) is 18.3. The Kier molecular flexibility index (Phi) is 7.21. The standard InChI is InChI=1S/C43H34F6O6/c1-39(2,3)23-11-7-21(8-12-23)37-33(25-15-29-31(52-19-50-29)17-27(25)54-37)35-36(42(46,47)43(48,49)41(35,44)45)34-26-16-30-32(53-20-51-30)18-28(26)55-38(34)22-9-13-24(14-10-22)40(4,5)6/h7-18H,19-20H2,1-6H3. The first-order chi connectivity index (χ1) is 25.8. The zero-order valence-electron chi connectivity index (χ0n) is 30.6. The van der Waals surface area contributed by atoms with E-state index in [0.29, 0.717) is 0 Å². The molecule has 0 amide bonds. The van der Waals surface area contributed by atoms with E-state index >= 15 is 26.3 Å². The number of alkyl halides is 6. The highest BCUT2D eigenvalue weighted by atomic mass is 19.3. The second kappa shape index (κ2) is 11.3. The minimum absolute atomic E-state index is 0.0613. The molecule has 12 heteroatoms. The Balaban J connectivity index is 1.42. The lowest BCUT2D eigenvalue weighted by Gasteiger charge is -2.26. The number of hydrogen-bond acceptors (Lipinski definition) is 6. The molecule has 0 spiro atoms. The first-order valence-corrected chi connectivity index (χ1v) is 17.6. The first kappa shape index (κ1) is 35.2. The predicted octanol–water partition coefficient (Wildman–Crippen LogP) is 12.4. The summed E-state index contributed by atoms with van der Waals surface area (Å²) in [7, 11) is 0. The lowest BCUT2D eigenvalue weighted by Crippen LogP contribution is -2.48. The minimum atomic E-state index is -5.90. The zero-order chi connectivity index (χ0) is 39.0. The molecule has 0 unspecified atom stereocenters. The number of hydrogen-bond donors (Lipinski definition) is 0. The largest absolute Gasteiger partial charge is 0.455 e. The van der Waals surface area contributed by atoms with Gasteiger partial charge in [0.05, 0.1) is 0 Å². The summed E-state index contributed by atoms with van der Waals surface area (Å²) in [5.74, 6) is -16.8. The minimum Gasteiger partial charge on any atom is -0.455 e.